The topological polar surface area (TPSA) is 61.6 Å². The van der Waals surface area contributed by atoms with E-state index in [1.807, 2.05) is 26.0 Å². The molecule has 1 saturated heterocycles. The first-order valence-corrected chi connectivity index (χ1v) is 8.02. The number of nitrogens with two attached hydrogens (primary N) is 1. The van der Waals surface area contributed by atoms with Crippen LogP contribution in [0.5, 0.6) is 0 Å². The Balaban J connectivity index is 1.93. The van der Waals surface area contributed by atoms with Gasteiger partial charge in [-0.3, -0.25) is 9.69 Å². The van der Waals surface area contributed by atoms with Crippen molar-refractivity contribution >= 4 is 11.6 Å². The number of likely N-dealkylation sites (N-methyl/N-ethyl adjacent to an activating group) is 1. The normalized spacial score (nSPS) is 19.6. The summed E-state index contributed by atoms with van der Waals surface area (Å²) in [7, 11) is 2.16. The van der Waals surface area contributed by atoms with Gasteiger partial charge >= 0.3 is 0 Å². The lowest BCUT2D eigenvalue weighted by molar-refractivity contribution is -0.119. The third kappa shape index (κ3) is 4.80. The van der Waals surface area contributed by atoms with E-state index < -0.39 is 0 Å². The summed E-state index contributed by atoms with van der Waals surface area (Å²) in [6.07, 6.45) is 0. The monoisotopic (exact) mass is 304 g/mol. The molecule has 0 aromatic heterocycles. The largest absolute Gasteiger partial charge is 0.327 e. The molecule has 0 radical (unpaired) electrons. The maximum Gasteiger partial charge on any atom is 0.228 e. The number of rotatable bonds is 5. The second-order valence-electron chi connectivity index (χ2n) is 6.42. The highest BCUT2D eigenvalue weighted by Gasteiger charge is 2.17. The standard InChI is InChI=1S/C17H28N4O/c1-13(14(2)18)17(22)19-16-6-4-5-15(11-16)12-21-9-7-20(3)8-10-21/h4-6,11,13-14H,7-10,12,18H2,1-3H3,(H,19,22). The Hall–Kier alpha value is -1.43. The van der Waals surface area contributed by atoms with Crippen molar-refractivity contribution in [1.29, 1.82) is 0 Å². The lowest BCUT2D eigenvalue weighted by Crippen LogP contribution is -2.43. The molecular formula is C17H28N4O. The van der Waals surface area contributed by atoms with Crippen LogP contribution in [0.4, 0.5) is 5.69 Å². The van der Waals surface area contributed by atoms with Crippen LogP contribution in [0, 0.1) is 5.92 Å². The highest BCUT2D eigenvalue weighted by atomic mass is 16.1. The summed E-state index contributed by atoms with van der Waals surface area (Å²) in [5, 5.41) is 2.96. The molecule has 1 aromatic carbocycles. The quantitative estimate of drug-likeness (QED) is 0.862. The maximum absolute atomic E-state index is 12.1. The zero-order valence-corrected chi connectivity index (χ0v) is 13.9. The minimum Gasteiger partial charge on any atom is -0.327 e. The molecule has 1 heterocycles. The van der Waals surface area contributed by atoms with Crippen molar-refractivity contribution in [3.8, 4) is 0 Å². The Morgan fingerprint density at radius 3 is 2.59 bits per heavy atom. The van der Waals surface area contributed by atoms with Crippen molar-refractivity contribution in [3.63, 3.8) is 0 Å². The molecule has 0 saturated carbocycles. The van der Waals surface area contributed by atoms with E-state index in [0.29, 0.717) is 0 Å². The van der Waals surface area contributed by atoms with Gasteiger partial charge in [0.2, 0.25) is 5.91 Å². The summed E-state index contributed by atoms with van der Waals surface area (Å²) >= 11 is 0. The molecule has 1 fully saturated rings. The SMILES string of the molecule is CC(N)C(C)C(=O)Nc1cccc(CN2CCN(C)CC2)c1. The molecule has 0 spiro atoms. The van der Waals surface area contributed by atoms with Crippen molar-refractivity contribution in [2.24, 2.45) is 11.7 Å². The number of nitrogens with one attached hydrogen (secondary N) is 1. The summed E-state index contributed by atoms with van der Waals surface area (Å²) in [4.78, 5) is 16.9. The number of nitrogens with zero attached hydrogens (tertiary/aromatic N) is 2. The number of piperazine rings is 1. The molecule has 2 atom stereocenters. The fraction of sp³-hybridized carbons (Fsp3) is 0.588. The summed E-state index contributed by atoms with van der Waals surface area (Å²) in [5.41, 5.74) is 7.87. The number of anilines is 1. The van der Waals surface area contributed by atoms with Gasteiger partial charge in [0.15, 0.2) is 0 Å². The second-order valence-corrected chi connectivity index (χ2v) is 6.42. The summed E-state index contributed by atoms with van der Waals surface area (Å²) < 4.78 is 0. The minimum absolute atomic E-state index is 0.0215. The average Bonchev–Trinajstić information content (AvgIpc) is 2.49. The van der Waals surface area contributed by atoms with E-state index in [0.717, 1.165) is 38.4 Å². The first kappa shape index (κ1) is 16.9. The Bertz CT molecular complexity index is 495. The van der Waals surface area contributed by atoms with Crippen molar-refractivity contribution in [3.05, 3.63) is 29.8 Å². The van der Waals surface area contributed by atoms with Gasteiger partial charge in [-0.05, 0) is 31.7 Å². The smallest absolute Gasteiger partial charge is 0.228 e. The van der Waals surface area contributed by atoms with E-state index in [-0.39, 0.29) is 17.9 Å². The third-order valence-corrected chi connectivity index (χ3v) is 4.40. The number of carbonyl (C=O) groups is 1. The molecule has 3 N–H and O–H groups in total. The van der Waals surface area contributed by atoms with Gasteiger partial charge in [0.25, 0.3) is 0 Å². The Labute approximate surface area is 133 Å². The van der Waals surface area contributed by atoms with Gasteiger partial charge in [0, 0.05) is 44.5 Å². The van der Waals surface area contributed by atoms with Crippen LogP contribution in [0.1, 0.15) is 19.4 Å². The average molecular weight is 304 g/mol. The van der Waals surface area contributed by atoms with Gasteiger partial charge in [0.1, 0.15) is 0 Å². The van der Waals surface area contributed by atoms with Crippen molar-refractivity contribution in [2.45, 2.75) is 26.4 Å². The minimum atomic E-state index is -0.193. The lowest BCUT2D eigenvalue weighted by Gasteiger charge is -2.32. The molecule has 1 aliphatic heterocycles. The maximum atomic E-state index is 12.1. The van der Waals surface area contributed by atoms with Crippen LogP contribution < -0.4 is 11.1 Å². The van der Waals surface area contributed by atoms with Gasteiger partial charge in [-0.1, -0.05) is 19.1 Å². The van der Waals surface area contributed by atoms with Crippen LogP contribution in [0.2, 0.25) is 0 Å². The molecule has 1 aromatic rings. The van der Waals surface area contributed by atoms with Crippen LogP contribution in [0.25, 0.3) is 0 Å². The Kier molecular flexibility index (Phi) is 5.94. The van der Waals surface area contributed by atoms with Crippen molar-refractivity contribution in [1.82, 2.24) is 9.80 Å². The van der Waals surface area contributed by atoms with E-state index in [2.05, 4.69) is 34.3 Å². The van der Waals surface area contributed by atoms with Gasteiger partial charge in [-0.2, -0.15) is 0 Å². The highest BCUT2D eigenvalue weighted by molar-refractivity contribution is 5.92. The highest BCUT2D eigenvalue weighted by Crippen LogP contribution is 2.15. The number of benzene rings is 1. The number of hydrogen-bond donors (Lipinski definition) is 2. The fourth-order valence-electron chi connectivity index (χ4n) is 2.51. The molecule has 22 heavy (non-hydrogen) atoms. The lowest BCUT2D eigenvalue weighted by atomic mass is 10.0. The summed E-state index contributed by atoms with van der Waals surface area (Å²) in [6.45, 7) is 9.05. The number of carbonyl (C=O) groups excluding carboxylic acids is 1. The molecule has 2 unspecified atom stereocenters. The van der Waals surface area contributed by atoms with Crippen LogP contribution in [0.3, 0.4) is 0 Å². The van der Waals surface area contributed by atoms with E-state index in [1.165, 1.54) is 5.56 Å². The van der Waals surface area contributed by atoms with Crippen molar-refractivity contribution in [2.75, 3.05) is 38.5 Å². The summed E-state index contributed by atoms with van der Waals surface area (Å²) in [5.74, 6) is -0.215. The zero-order valence-electron chi connectivity index (χ0n) is 13.9. The molecular weight excluding hydrogens is 276 g/mol. The first-order valence-electron chi connectivity index (χ1n) is 8.02. The molecule has 1 aliphatic rings. The van der Waals surface area contributed by atoms with E-state index >= 15 is 0 Å². The van der Waals surface area contributed by atoms with Crippen LogP contribution in [-0.4, -0.2) is 55.0 Å². The summed E-state index contributed by atoms with van der Waals surface area (Å²) in [6, 6.07) is 7.96. The molecule has 2 rings (SSSR count). The molecule has 1 amide bonds. The molecule has 5 nitrogen and oxygen atoms in total. The van der Waals surface area contributed by atoms with Crippen molar-refractivity contribution < 1.29 is 4.79 Å². The van der Waals surface area contributed by atoms with Crippen LogP contribution >= 0.6 is 0 Å². The van der Waals surface area contributed by atoms with Gasteiger partial charge in [-0.25, -0.2) is 0 Å². The number of hydrogen-bond acceptors (Lipinski definition) is 4. The van der Waals surface area contributed by atoms with Gasteiger partial charge < -0.3 is 16.0 Å². The molecule has 122 valence electrons. The predicted molar refractivity (Wildman–Crippen MR) is 90.7 cm³/mol. The van der Waals surface area contributed by atoms with Gasteiger partial charge in [0.05, 0.1) is 5.92 Å². The predicted octanol–water partition coefficient (Wildman–Crippen LogP) is 1.36. The van der Waals surface area contributed by atoms with E-state index in [9.17, 15) is 4.79 Å². The second kappa shape index (κ2) is 7.72. The van der Waals surface area contributed by atoms with E-state index in [4.69, 9.17) is 5.73 Å². The van der Waals surface area contributed by atoms with Crippen LogP contribution in [0.15, 0.2) is 24.3 Å². The third-order valence-electron chi connectivity index (χ3n) is 4.40. The van der Waals surface area contributed by atoms with Crippen LogP contribution in [-0.2, 0) is 11.3 Å². The van der Waals surface area contributed by atoms with Gasteiger partial charge in [-0.15, -0.1) is 0 Å². The molecule has 5 heteroatoms. The fourth-order valence-corrected chi connectivity index (χ4v) is 2.51. The Morgan fingerprint density at radius 1 is 1.27 bits per heavy atom. The molecule has 0 bridgehead atoms. The Morgan fingerprint density at radius 2 is 1.95 bits per heavy atom. The zero-order chi connectivity index (χ0) is 16.1. The van der Waals surface area contributed by atoms with E-state index in [1.54, 1.807) is 0 Å². The first-order chi connectivity index (χ1) is 10.5. The molecule has 0 aliphatic carbocycles. The number of amides is 1.